The smallest absolute Gasteiger partial charge is 0.352 e. The highest BCUT2D eigenvalue weighted by Gasteiger charge is 2.21. The molecule has 2 aromatic carbocycles. The first-order valence-corrected chi connectivity index (χ1v) is 11.0. The number of aryl methyl sites for hydroxylation is 2. The van der Waals surface area contributed by atoms with E-state index in [4.69, 9.17) is 33.4 Å². The van der Waals surface area contributed by atoms with E-state index in [9.17, 15) is 9.18 Å². The molecule has 0 aliphatic carbocycles. The van der Waals surface area contributed by atoms with Gasteiger partial charge in [-0.25, -0.2) is 25.9 Å². The third kappa shape index (κ3) is 6.21. The van der Waals surface area contributed by atoms with Crippen LogP contribution in [-0.2, 0) is 6.61 Å². The van der Waals surface area contributed by atoms with Crippen LogP contribution in [0.15, 0.2) is 47.1 Å². The molecule has 2 atom stereocenters. The Morgan fingerprint density at radius 2 is 1.94 bits per heavy atom. The van der Waals surface area contributed by atoms with Crippen molar-refractivity contribution in [3.8, 4) is 5.75 Å². The fourth-order valence-corrected chi connectivity index (χ4v) is 3.79. The molecular formula is C22H29ClFN6O2P. The molecule has 2 unspecified atom stereocenters. The molecule has 0 aliphatic heterocycles. The summed E-state index contributed by atoms with van der Waals surface area (Å²) in [4.78, 5) is 12.2. The van der Waals surface area contributed by atoms with Gasteiger partial charge < -0.3 is 10.1 Å². The summed E-state index contributed by atoms with van der Waals surface area (Å²) < 4.78 is 20.0. The molecule has 0 fully saturated rings. The first kappa shape index (κ1) is 26.5. The minimum Gasteiger partial charge on any atom is -0.489 e. The number of anilines is 1. The van der Waals surface area contributed by atoms with Crippen molar-refractivity contribution in [3.05, 3.63) is 69.4 Å². The van der Waals surface area contributed by atoms with Gasteiger partial charge in [0, 0.05) is 25.2 Å². The molecule has 0 radical (unpaired) electrons. The SMILES string of the molecule is CN/C(Cl)=C(\C(=N)c1ccc(OCc2c(C)cccc2N(N)C(=O)N(C)N)c(C)c1)C(F)P. The number of hydrogen-bond acceptors (Lipinski definition) is 6. The van der Waals surface area contributed by atoms with Crippen LogP contribution >= 0.6 is 20.8 Å². The maximum absolute atomic E-state index is 14.0. The van der Waals surface area contributed by atoms with Gasteiger partial charge in [0.25, 0.3) is 0 Å². The molecule has 0 saturated heterocycles. The van der Waals surface area contributed by atoms with E-state index in [1.54, 1.807) is 37.4 Å². The molecule has 11 heteroatoms. The van der Waals surface area contributed by atoms with Gasteiger partial charge in [-0.2, -0.15) is 0 Å². The summed E-state index contributed by atoms with van der Waals surface area (Å²) in [6.45, 7) is 3.85. The number of hydrogen-bond donors (Lipinski definition) is 4. The highest BCUT2D eigenvalue weighted by Crippen LogP contribution is 2.28. The third-order valence-corrected chi connectivity index (χ3v) is 5.72. The molecular weight excluding hydrogens is 466 g/mol. The van der Waals surface area contributed by atoms with E-state index in [2.05, 4.69) is 5.32 Å². The van der Waals surface area contributed by atoms with E-state index in [0.717, 1.165) is 26.7 Å². The van der Waals surface area contributed by atoms with Crippen LogP contribution in [0.4, 0.5) is 14.9 Å². The van der Waals surface area contributed by atoms with Crippen LogP contribution < -0.4 is 26.7 Å². The molecule has 2 aromatic rings. The summed E-state index contributed by atoms with van der Waals surface area (Å²) in [6.07, 6.45) is 0. The van der Waals surface area contributed by atoms with Crippen LogP contribution in [0.5, 0.6) is 5.75 Å². The zero-order chi connectivity index (χ0) is 24.9. The van der Waals surface area contributed by atoms with Crippen LogP contribution in [0.1, 0.15) is 22.3 Å². The molecule has 0 saturated carbocycles. The van der Waals surface area contributed by atoms with Gasteiger partial charge in [-0.15, -0.1) is 0 Å². The Bertz CT molecular complexity index is 1080. The normalized spacial score (nSPS) is 12.5. The average molecular weight is 495 g/mol. The minimum absolute atomic E-state index is 0.0316. The van der Waals surface area contributed by atoms with Crippen molar-refractivity contribution in [2.75, 3.05) is 19.1 Å². The van der Waals surface area contributed by atoms with Gasteiger partial charge in [0.05, 0.1) is 17.0 Å². The zero-order valence-corrected chi connectivity index (χ0v) is 20.9. The maximum atomic E-state index is 14.0. The lowest BCUT2D eigenvalue weighted by Gasteiger charge is -2.24. The lowest BCUT2D eigenvalue weighted by atomic mass is 10.0. The van der Waals surface area contributed by atoms with Crippen molar-refractivity contribution < 1.29 is 13.9 Å². The summed E-state index contributed by atoms with van der Waals surface area (Å²) >= 11 is 6.06. The molecule has 178 valence electrons. The summed E-state index contributed by atoms with van der Waals surface area (Å²) in [5.74, 6) is 10.6. The van der Waals surface area contributed by atoms with Crippen molar-refractivity contribution in [1.29, 1.82) is 5.41 Å². The lowest BCUT2D eigenvalue weighted by molar-refractivity contribution is 0.216. The molecule has 33 heavy (non-hydrogen) atoms. The molecule has 0 aromatic heterocycles. The molecule has 8 nitrogen and oxygen atoms in total. The average Bonchev–Trinajstić information content (AvgIpc) is 2.77. The number of ether oxygens (including phenoxy) is 1. The van der Waals surface area contributed by atoms with E-state index in [1.165, 1.54) is 7.05 Å². The second-order valence-electron chi connectivity index (χ2n) is 7.36. The number of nitrogens with one attached hydrogen (secondary N) is 2. The Hall–Kier alpha value is -2.71. The van der Waals surface area contributed by atoms with Crippen molar-refractivity contribution in [1.82, 2.24) is 10.3 Å². The van der Waals surface area contributed by atoms with Crippen LogP contribution in [0, 0.1) is 19.3 Å². The van der Waals surface area contributed by atoms with Crippen molar-refractivity contribution in [2.45, 2.75) is 26.4 Å². The molecule has 6 N–H and O–H groups in total. The molecule has 0 spiro atoms. The lowest BCUT2D eigenvalue weighted by Crippen LogP contribution is -2.49. The second kappa shape index (κ2) is 11.4. The monoisotopic (exact) mass is 494 g/mol. The number of hydrazine groups is 2. The topological polar surface area (TPSA) is 121 Å². The van der Waals surface area contributed by atoms with Crippen LogP contribution in [0.2, 0.25) is 0 Å². The van der Waals surface area contributed by atoms with Gasteiger partial charge in [-0.05, 0) is 49.2 Å². The summed E-state index contributed by atoms with van der Waals surface area (Å²) in [7, 11) is 4.97. The Balaban J connectivity index is 2.30. The van der Waals surface area contributed by atoms with E-state index in [0.29, 0.717) is 17.0 Å². The van der Waals surface area contributed by atoms with Gasteiger partial charge in [0.1, 0.15) is 23.4 Å². The number of nitrogens with two attached hydrogens (primary N) is 2. The number of halogens is 2. The number of nitrogens with zero attached hydrogens (tertiary/aromatic N) is 2. The Morgan fingerprint density at radius 1 is 1.27 bits per heavy atom. The highest BCUT2D eigenvalue weighted by molar-refractivity contribution is 7.17. The van der Waals surface area contributed by atoms with Crippen molar-refractivity contribution >= 4 is 38.3 Å². The number of alkyl halides is 1. The third-order valence-electron chi connectivity index (χ3n) is 4.99. The quantitative estimate of drug-likeness (QED) is 0.111. The molecule has 0 heterocycles. The highest BCUT2D eigenvalue weighted by atomic mass is 35.5. The zero-order valence-electron chi connectivity index (χ0n) is 18.9. The largest absolute Gasteiger partial charge is 0.489 e. The van der Waals surface area contributed by atoms with Crippen LogP contribution in [-0.4, -0.2) is 36.8 Å². The van der Waals surface area contributed by atoms with E-state index in [-0.39, 0.29) is 23.0 Å². The van der Waals surface area contributed by atoms with Gasteiger partial charge in [-0.3, -0.25) is 10.4 Å². The van der Waals surface area contributed by atoms with Gasteiger partial charge in [0.2, 0.25) is 0 Å². The van der Waals surface area contributed by atoms with Crippen molar-refractivity contribution in [2.24, 2.45) is 11.7 Å². The van der Waals surface area contributed by atoms with Crippen LogP contribution in [0.25, 0.3) is 0 Å². The standard InChI is InChI=1S/C22H29ClFN6O2P/c1-12-6-5-7-16(30(27)22(31)29(4)26)15(12)11-32-17-9-8-14(10-13(17)2)19(25)18(21(24)33)20(23)28-3/h5-10,21,25,28H,11,26-27,33H2,1-4H3/b20-18+,25-19?. The first-order valence-electron chi connectivity index (χ1n) is 9.95. The maximum Gasteiger partial charge on any atom is 0.352 e. The predicted octanol–water partition coefficient (Wildman–Crippen LogP) is 3.70. The predicted molar refractivity (Wildman–Crippen MR) is 134 cm³/mol. The van der Waals surface area contributed by atoms with Crippen molar-refractivity contribution in [3.63, 3.8) is 0 Å². The first-order chi connectivity index (χ1) is 15.5. The number of amides is 2. The Labute approximate surface area is 200 Å². The van der Waals surface area contributed by atoms with Gasteiger partial charge >= 0.3 is 6.03 Å². The number of urea groups is 1. The fraction of sp³-hybridized carbons (Fsp3) is 0.273. The van der Waals surface area contributed by atoms with Gasteiger partial charge in [0.15, 0.2) is 0 Å². The van der Waals surface area contributed by atoms with Gasteiger partial charge in [-0.1, -0.05) is 33.0 Å². The van der Waals surface area contributed by atoms with E-state index in [1.807, 2.05) is 29.2 Å². The summed E-state index contributed by atoms with van der Waals surface area (Å²) in [6, 6.07) is 9.90. The second-order valence-corrected chi connectivity index (χ2v) is 8.32. The number of carbonyl (C=O) groups excluding carboxylic acids is 1. The summed E-state index contributed by atoms with van der Waals surface area (Å²) in [5, 5.41) is 13.0. The number of allylic oxidation sites excluding steroid dienone is 1. The Kier molecular flexibility index (Phi) is 9.19. The molecule has 0 bridgehead atoms. The summed E-state index contributed by atoms with van der Waals surface area (Å²) in [5.41, 5.74) is 3.33. The Morgan fingerprint density at radius 3 is 2.48 bits per heavy atom. The number of carbonyl (C=O) groups is 1. The van der Waals surface area contributed by atoms with Crippen LogP contribution in [0.3, 0.4) is 0 Å². The fourth-order valence-electron chi connectivity index (χ4n) is 3.15. The molecule has 2 amide bonds. The number of benzene rings is 2. The number of rotatable bonds is 8. The van der Waals surface area contributed by atoms with E-state index >= 15 is 0 Å². The van der Waals surface area contributed by atoms with E-state index < -0.39 is 11.9 Å². The molecule has 0 aliphatic rings. The minimum atomic E-state index is -1.50. The molecule has 2 rings (SSSR count).